The Balaban J connectivity index is 1.31. The van der Waals surface area contributed by atoms with Crippen LogP contribution in [-0.2, 0) is 53.4 Å². The fraction of sp³-hybridized carbons (Fsp3) is 0.405. The Bertz CT molecular complexity index is 2020. The average Bonchev–Trinajstić information content (AvgIpc) is 3.90. The monoisotopic (exact) mass is 800 g/mol. The molecule has 0 aromatic heterocycles. The van der Waals surface area contributed by atoms with E-state index in [2.05, 4.69) is 16.0 Å². The molecule has 57 heavy (non-hydrogen) atoms. The van der Waals surface area contributed by atoms with E-state index < -0.39 is 57.9 Å². The van der Waals surface area contributed by atoms with Crippen LogP contribution in [0, 0.1) is 5.92 Å². The maximum Gasteiger partial charge on any atom is 0.408 e. The molecule has 0 bridgehead atoms. The second-order valence-corrected chi connectivity index (χ2v) is 16.7. The quantitative estimate of drug-likeness (QED) is 0.140. The van der Waals surface area contributed by atoms with Gasteiger partial charge in [-0.1, -0.05) is 86.7 Å². The summed E-state index contributed by atoms with van der Waals surface area (Å²) in [5.41, 5.74) is 8.34. The first-order valence-electron chi connectivity index (χ1n) is 19.3. The van der Waals surface area contributed by atoms with Gasteiger partial charge in [0, 0.05) is 50.3 Å². The molecule has 1 saturated heterocycles. The standard InChI is InChI=1S/C42H52N6O8S/c1-29(2)25-35(46-42(53)56-28-31-13-7-4-8-14-31)41(52)45-36(26-30-11-5-3-6-12-30)40(51)44-33(16-19-38(43)49)17-20-39(50)48-24-21-32-15-18-34(27-37(32)48)57(54,55)47-22-9-10-23-47/h3-8,11-15,17-18,20,27,29,33,35-36H,9-10,16,19,21-26,28H2,1-2H3,(H2,43,49)(H,44,51)(H,45,52)(H,46,53)/b20-17+/t33-,35-,36-/m0/s1. The van der Waals surface area contributed by atoms with Crippen LogP contribution in [0.5, 0.6) is 0 Å². The van der Waals surface area contributed by atoms with Crippen molar-refractivity contribution in [3.63, 3.8) is 0 Å². The van der Waals surface area contributed by atoms with Crippen molar-refractivity contribution in [2.45, 2.75) is 88.4 Å². The fourth-order valence-corrected chi connectivity index (χ4v) is 8.39. The number of carbonyl (C=O) groups is 5. The third kappa shape index (κ3) is 12.2. The highest BCUT2D eigenvalue weighted by atomic mass is 32.2. The lowest BCUT2D eigenvalue weighted by molar-refractivity contribution is -0.130. The van der Waals surface area contributed by atoms with Crippen LogP contribution < -0.4 is 26.6 Å². The minimum Gasteiger partial charge on any atom is -0.445 e. The largest absolute Gasteiger partial charge is 0.445 e. The third-order valence-corrected chi connectivity index (χ3v) is 11.8. The van der Waals surface area contributed by atoms with Gasteiger partial charge in [-0.25, -0.2) is 13.2 Å². The summed E-state index contributed by atoms with van der Waals surface area (Å²) in [5, 5.41) is 8.33. The van der Waals surface area contributed by atoms with Crippen molar-refractivity contribution in [1.82, 2.24) is 20.3 Å². The van der Waals surface area contributed by atoms with Gasteiger partial charge >= 0.3 is 6.09 Å². The summed E-state index contributed by atoms with van der Waals surface area (Å²) in [7, 11) is -3.71. The zero-order chi connectivity index (χ0) is 41.0. The number of ether oxygens (including phenoxy) is 1. The van der Waals surface area contributed by atoms with Crippen LogP contribution in [0.3, 0.4) is 0 Å². The molecule has 3 aromatic rings. The topological polar surface area (TPSA) is 197 Å². The number of fused-ring (bicyclic) bond motifs is 1. The van der Waals surface area contributed by atoms with Gasteiger partial charge in [0.2, 0.25) is 27.7 Å². The molecule has 3 atom stereocenters. The van der Waals surface area contributed by atoms with Crippen LogP contribution in [0.25, 0.3) is 0 Å². The van der Waals surface area contributed by atoms with Gasteiger partial charge in [0.05, 0.1) is 4.90 Å². The first-order valence-corrected chi connectivity index (χ1v) is 20.8. The number of rotatable bonds is 18. The molecule has 0 radical (unpaired) electrons. The number of benzene rings is 3. The molecule has 0 aliphatic carbocycles. The smallest absolute Gasteiger partial charge is 0.408 e. The summed E-state index contributed by atoms with van der Waals surface area (Å²) in [6, 6.07) is 20.1. The number of sulfonamides is 1. The van der Waals surface area contributed by atoms with Crippen molar-refractivity contribution in [1.29, 1.82) is 0 Å². The van der Waals surface area contributed by atoms with Gasteiger partial charge in [0.1, 0.15) is 18.7 Å². The van der Waals surface area contributed by atoms with Crippen LogP contribution in [0.2, 0.25) is 0 Å². The Labute approximate surface area is 334 Å². The maximum atomic E-state index is 14.0. The van der Waals surface area contributed by atoms with E-state index in [9.17, 15) is 32.4 Å². The van der Waals surface area contributed by atoms with Crippen LogP contribution in [0.1, 0.15) is 62.6 Å². The predicted octanol–water partition coefficient (Wildman–Crippen LogP) is 3.74. The summed E-state index contributed by atoms with van der Waals surface area (Å²) in [6.07, 6.45) is 4.45. The first-order chi connectivity index (χ1) is 27.3. The molecule has 5 rings (SSSR count). The SMILES string of the molecule is CC(C)C[C@H](NC(=O)OCc1ccccc1)C(=O)N[C@@H](Cc1ccccc1)C(=O)N[C@H](/C=C/C(=O)N1CCc2ccc(S(=O)(=O)N3CCCC3)cc21)CCC(N)=O. The molecule has 0 unspecified atom stereocenters. The number of hydrogen-bond acceptors (Lipinski definition) is 8. The van der Waals surface area contributed by atoms with Crippen LogP contribution in [0.4, 0.5) is 10.5 Å². The van der Waals surface area contributed by atoms with Crippen molar-refractivity contribution < 1.29 is 37.1 Å². The molecule has 5 amide bonds. The lowest BCUT2D eigenvalue weighted by Gasteiger charge is -2.25. The van der Waals surface area contributed by atoms with E-state index in [1.807, 2.05) is 74.5 Å². The van der Waals surface area contributed by atoms with Crippen molar-refractivity contribution in [3.05, 3.63) is 108 Å². The van der Waals surface area contributed by atoms with E-state index in [4.69, 9.17) is 10.5 Å². The second kappa shape index (κ2) is 20.1. The van der Waals surface area contributed by atoms with E-state index in [1.54, 1.807) is 12.1 Å². The first kappa shape index (κ1) is 42.6. The van der Waals surface area contributed by atoms with Gasteiger partial charge in [-0.15, -0.1) is 0 Å². The van der Waals surface area contributed by atoms with Crippen molar-refractivity contribution >= 4 is 45.4 Å². The summed E-state index contributed by atoms with van der Waals surface area (Å²) in [6.45, 7) is 5.06. The Morgan fingerprint density at radius 1 is 0.825 bits per heavy atom. The number of anilines is 1. The van der Waals surface area contributed by atoms with Crippen LogP contribution in [0.15, 0.2) is 95.9 Å². The zero-order valence-corrected chi connectivity index (χ0v) is 33.2. The Hall–Kier alpha value is -5.54. The fourth-order valence-electron chi connectivity index (χ4n) is 6.85. The lowest BCUT2D eigenvalue weighted by Crippen LogP contribution is -2.55. The van der Waals surface area contributed by atoms with Gasteiger partial charge in [-0.2, -0.15) is 4.31 Å². The highest BCUT2D eigenvalue weighted by Gasteiger charge is 2.32. The summed E-state index contributed by atoms with van der Waals surface area (Å²) in [5.74, 6) is -2.21. The summed E-state index contributed by atoms with van der Waals surface area (Å²) >= 11 is 0. The van der Waals surface area contributed by atoms with E-state index >= 15 is 0 Å². The molecular formula is C42H52N6O8S. The van der Waals surface area contributed by atoms with Crippen molar-refractivity contribution in [2.75, 3.05) is 24.5 Å². The molecule has 15 heteroatoms. The van der Waals surface area contributed by atoms with Crippen LogP contribution >= 0.6 is 0 Å². The molecule has 2 aliphatic heterocycles. The number of hydrogen-bond donors (Lipinski definition) is 4. The van der Waals surface area contributed by atoms with Crippen molar-refractivity contribution in [3.8, 4) is 0 Å². The number of carbonyl (C=O) groups excluding carboxylic acids is 5. The highest BCUT2D eigenvalue weighted by molar-refractivity contribution is 7.89. The predicted molar refractivity (Wildman–Crippen MR) is 215 cm³/mol. The molecule has 0 saturated carbocycles. The minimum absolute atomic E-state index is 0.000987. The number of nitrogens with one attached hydrogen (secondary N) is 3. The Morgan fingerprint density at radius 2 is 1.47 bits per heavy atom. The van der Waals surface area contributed by atoms with Gasteiger partial charge in [-0.05, 0) is 66.8 Å². The van der Waals surface area contributed by atoms with Crippen molar-refractivity contribution in [2.24, 2.45) is 11.7 Å². The lowest BCUT2D eigenvalue weighted by atomic mass is 10.0. The number of alkyl carbamates (subject to hydrolysis) is 1. The van der Waals surface area contributed by atoms with Gasteiger partial charge in [0.25, 0.3) is 5.91 Å². The second-order valence-electron chi connectivity index (χ2n) is 14.8. The normalized spacial score (nSPS) is 15.8. The molecule has 2 heterocycles. The number of primary amides is 1. The average molecular weight is 801 g/mol. The molecule has 3 aromatic carbocycles. The molecule has 14 nitrogen and oxygen atoms in total. The molecule has 0 spiro atoms. The van der Waals surface area contributed by atoms with E-state index in [-0.39, 0.29) is 43.1 Å². The molecule has 304 valence electrons. The zero-order valence-electron chi connectivity index (χ0n) is 32.4. The molecular weight excluding hydrogens is 749 g/mol. The van der Waals surface area contributed by atoms with Crippen LogP contribution in [-0.4, -0.2) is 80.2 Å². The molecule has 2 aliphatic rings. The number of nitrogens with two attached hydrogens (primary N) is 1. The Morgan fingerprint density at radius 3 is 2.12 bits per heavy atom. The maximum absolute atomic E-state index is 14.0. The third-order valence-electron chi connectivity index (χ3n) is 9.87. The molecule has 5 N–H and O–H groups in total. The van der Waals surface area contributed by atoms with E-state index in [0.717, 1.165) is 29.5 Å². The van der Waals surface area contributed by atoms with E-state index in [1.165, 1.54) is 27.4 Å². The minimum atomic E-state index is -3.71. The Kier molecular flexibility index (Phi) is 15.0. The van der Waals surface area contributed by atoms with Gasteiger partial charge in [0.15, 0.2) is 0 Å². The van der Waals surface area contributed by atoms with Gasteiger partial charge in [-0.3, -0.25) is 19.2 Å². The number of amides is 5. The summed E-state index contributed by atoms with van der Waals surface area (Å²) < 4.78 is 33.4. The van der Waals surface area contributed by atoms with E-state index in [0.29, 0.717) is 31.7 Å². The number of nitrogens with zero attached hydrogens (tertiary/aromatic N) is 2. The van der Waals surface area contributed by atoms with Gasteiger partial charge < -0.3 is 31.3 Å². The summed E-state index contributed by atoms with van der Waals surface area (Å²) in [4.78, 5) is 67.7. The molecule has 1 fully saturated rings. The highest BCUT2D eigenvalue weighted by Crippen LogP contribution is 2.32.